The zero-order valence-corrected chi connectivity index (χ0v) is 17.5. The predicted octanol–water partition coefficient (Wildman–Crippen LogP) is 3.35. The van der Waals surface area contributed by atoms with Gasteiger partial charge in [0.05, 0.1) is 11.1 Å². The van der Waals surface area contributed by atoms with Gasteiger partial charge in [-0.2, -0.15) is 5.11 Å². The first kappa shape index (κ1) is 21.7. The van der Waals surface area contributed by atoms with E-state index in [-0.39, 0.29) is 34.6 Å². The molecule has 8 nitrogen and oxygen atoms in total. The van der Waals surface area contributed by atoms with Crippen molar-refractivity contribution in [3.05, 3.63) is 69.3 Å². The topological polar surface area (TPSA) is 111 Å². The molecule has 0 unspecified atom stereocenters. The molecule has 2 heterocycles. The fraction of sp³-hybridized carbons (Fsp3) is 0.364. The number of nitrogens with one attached hydrogen (secondary N) is 2. The number of likely N-dealkylation sites (N-methyl/N-ethyl adjacent to an activating group) is 1. The summed E-state index contributed by atoms with van der Waals surface area (Å²) < 4.78 is 28.4. The van der Waals surface area contributed by atoms with Crippen LogP contribution in [0.3, 0.4) is 0 Å². The fourth-order valence-electron chi connectivity index (χ4n) is 4.51. The fourth-order valence-corrected chi connectivity index (χ4v) is 4.51. The van der Waals surface area contributed by atoms with Crippen LogP contribution in [0.15, 0.2) is 40.5 Å². The summed E-state index contributed by atoms with van der Waals surface area (Å²) in [5, 5.41) is 16.7. The summed E-state index contributed by atoms with van der Waals surface area (Å²) in [4.78, 5) is 27.5. The molecule has 3 N–H and O–H groups in total. The zero-order valence-electron chi connectivity index (χ0n) is 17.5. The molecule has 1 amide bonds. The zero-order chi connectivity index (χ0) is 23.0. The number of carbonyl (C=O) groups excluding carboxylic acids is 1. The molecule has 1 fully saturated rings. The maximum atomic E-state index is 13.8. The highest BCUT2D eigenvalue weighted by Crippen LogP contribution is 2.43. The second-order valence-corrected chi connectivity index (χ2v) is 8.08. The standard InChI is InChI=1S/C22H23F2N5O3/c1-2-29-21(32)18-20(31)19(30)15(11-28(18)12-22(29)6-3-7-22)17(27-25)10-26-9-13-4-5-14(23)8-16(13)24/h4-5,8,10-11,25-26,31H,2-3,6-7,9,12H2,1H3/b17-10-,27-25?. The summed E-state index contributed by atoms with van der Waals surface area (Å²) in [7, 11) is 0. The SMILES string of the molecule is CCN1C(=O)c2c(O)c(=O)c(/C(=C/NCc3ccc(F)cc3F)N=N)cn2CC12CCC2. The van der Waals surface area contributed by atoms with Crippen molar-refractivity contribution < 1.29 is 18.7 Å². The molecule has 1 spiro atoms. The van der Waals surface area contributed by atoms with E-state index < -0.39 is 28.7 Å². The number of nitrogens with zero attached hydrogens (tertiary/aromatic N) is 3. The van der Waals surface area contributed by atoms with Crippen LogP contribution in [0.2, 0.25) is 0 Å². The number of hydrogen-bond donors (Lipinski definition) is 3. The van der Waals surface area contributed by atoms with Crippen molar-refractivity contribution >= 4 is 11.6 Å². The number of carbonyl (C=O) groups is 1. The number of halogens is 2. The Kier molecular flexibility index (Phi) is 5.53. The molecular formula is C22H23F2N5O3. The van der Waals surface area contributed by atoms with Crippen molar-refractivity contribution in [1.29, 1.82) is 5.53 Å². The molecular weight excluding hydrogens is 420 g/mol. The normalized spacial score (nSPS) is 17.2. The van der Waals surface area contributed by atoms with E-state index in [0.717, 1.165) is 31.4 Å². The summed E-state index contributed by atoms with van der Waals surface area (Å²) in [6, 6.07) is 3.17. The second-order valence-electron chi connectivity index (χ2n) is 8.08. The van der Waals surface area contributed by atoms with E-state index in [0.29, 0.717) is 13.1 Å². The van der Waals surface area contributed by atoms with Gasteiger partial charge in [0.15, 0.2) is 11.4 Å². The molecule has 4 rings (SSSR count). The van der Waals surface area contributed by atoms with Gasteiger partial charge >= 0.3 is 0 Å². The number of benzene rings is 1. The first-order chi connectivity index (χ1) is 15.3. The van der Waals surface area contributed by atoms with Gasteiger partial charge in [-0.25, -0.2) is 14.3 Å². The second kappa shape index (κ2) is 8.18. The Hall–Kier alpha value is -3.56. The van der Waals surface area contributed by atoms with Crippen molar-refractivity contribution in [1.82, 2.24) is 14.8 Å². The molecule has 0 atom stereocenters. The third-order valence-corrected chi connectivity index (χ3v) is 6.28. The molecule has 1 aromatic carbocycles. The van der Waals surface area contributed by atoms with Crippen LogP contribution in [0, 0.1) is 17.2 Å². The van der Waals surface area contributed by atoms with Gasteiger partial charge in [0.1, 0.15) is 17.3 Å². The van der Waals surface area contributed by atoms with Crippen LogP contribution >= 0.6 is 0 Å². The Morgan fingerprint density at radius 1 is 1.34 bits per heavy atom. The molecule has 1 aliphatic carbocycles. The van der Waals surface area contributed by atoms with Gasteiger partial charge in [-0.3, -0.25) is 9.59 Å². The lowest BCUT2D eigenvalue weighted by Crippen LogP contribution is -2.62. The highest BCUT2D eigenvalue weighted by atomic mass is 19.1. The van der Waals surface area contributed by atoms with Crippen LogP contribution in [-0.2, 0) is 13.1 Å². The highest BCUT2D eigenvalue weighted by molar-refractivity contribution is 5.97. The number of amides is 1. The first-order valence-electron chi connectivity index (χ1n) is 10.3. The van der Waals surface area contributed by atoms with Crippen molar-refractivity contribution in [2.75, 3.05) is 6.54 Å². The van der Waals surface area contributed by atoms with E-state index in [2.05, 4.69) is 10.4 Å². The summed E-state index contributed by atoms with van der Waals surface area (Å²) >= 11 is 0. The van der Waals surface area contributed by atoms with E-state index in [1.807, 2.05) is 6.92 Å². The van der Waals surface area contributed by atoms with Crippen molar-refractivity contribution in [3.63, 3.8) is 0 Å². The minimum Gasteiger partial charge on any atom is -0.503 e. The maximum Gasteiger partial charge on any atom is 0.275 e. The molecule has 10 heteroatoms. The Bertz CT molecular complexity index is 1190. The van der Waals surface area contributed by atoms with Crippen molar-refractivity contribution in [2.24, 2.45) is 5.11 Å². The summed E-state index contributed by atoms with van der Waals surface area (Å²) in [6.45, 7) is 2.75. The minimum atomic E-state index is -0.817. The largest absolute Gasteiger partial charge is 0.503 e. The number of rotatable bonds is 6. The van der Waals surface area contributed by atoms with Crippen LogP contribution in [0.1, 0.15) is 47.8 Å². The Balaban J connectivity index is 1.67. The molecule has 1 aliphatic heterocycles. The Morgan fingerprint density at radius 3 is 2.69 bits per heavy atom. The molecule has 0 radical (unpaired) electrons. The Morgan fingerprint density at radius 2 is 2.09 bits per heavy atom. The lowest BCUT2D eigenvalue weighted by Gasteiger charge is -2.53. The smallest absolute Gasteiger partial charge is 0.275 e. The molecule has 0 saturated heterocycles. The third-order valence-electron chi connectivity index (χ3n) is 6.28. The van der Waals surface area contributed by atoms with Crippen LogP contribution < -0.4 is 10.7 Å². The van der Waals surface area contributed by atoms with Crippen molar-refractivity contribution in [2.45, 2.75) is 44.8 Å². The van der Waals surface area contributed by atoms with Crippen LogP contribution in [-0.4, -0.2) is 32.6 Å². The molecule has 2 aromatic rings. The lowest BCUT2D eigenvalue weighted by atomic mass is 9.73. The summed E-state index contributed by atoms with van der Waals surface area (Å²) in [6.07, 6.45) is 5.36. The number of hydrogen-bond acceptors (Lipinski definition) is 6. The Labute approximate surface area is 182 Å². The molecule has 1 aromatic heterocycles. The van der Waals surface area contributed by atoms with E-state index >= 15 is 0 Å². The van der Waals surface area contributed by atoms with Crippen LogP contribution in [0.4, 0.5) is 8.78 Å². The van der Waals surface area contributed by atoms with Gasteiger partial charge < -0.3 is 19.9 Å². The summed E-state index contributed by atoms with van der Waals surface area (Å²) in [5.74, 6) is -2.50. The van der Waals surface area contributed by atoms with Crippen LogP contribution in [0.25, 0.3) is 5.70 Å². The number of fused-ring (bicyclic) bond motifs is 1. The molecule has 32 heavy (non-hydrogen) atoms. The number of aromatic hydroxyl groups is 1. The molecule has 1 saturated carbocycles. The minimum absolute atomic E-state index is 0.0313. The average Bonchev–Trinajstić information content (AvgIpc) is 2.73. The van der Waals surface area contributed by atoms with Crippen molar-refractivity contribution in [3.8, 4) is 5.75 Å². The van der Waals surface area contributed by atoms with Gasteiger partial charge in [0.2, 0.25) is 5.43 Å². The molecule has 2 aliphatic rings. The van der Waals surface area contributed by atoms with E-state index in [4.69, 9.17) is 5.53 Å². The maximum absolute atomic E-state index is 13.8. The molecule has 0 bridgehead atoms. The van der Waals surface area contributed by atoms with E-state index in [9.17, 15) is 23.5 Å². The number of pyridine rings is 1. The van der Waals surface area contributed by atoms with E-state index in [1.54, 1.807) is 9.47 Å². The van der Waals surface area contributed by atoms with Gasteiger partial charge in [0, 0.05) is 43.7 Å². The van der Waals surface area contributed by atoms with E-state index in [1.165, 1.54) is 18.5 Å². The van der Waals surface area contributed by atoms with Gasteiger partial charge in [-0.1, -0.05) is 6.07 Å². The third kappa shape index (κ3) is 3.45. The highest BCUT2D eigenvalue weighted by Gasteiger charge is 2.49. The quantitative estimate of drug-likeness (QED) is 0.595. The van der Waals surface area contributed by atoms with Gasteiger partial charge in [0.25, 0.3) is 5.91 Å². The van der Waals surface area contributed by atoms with Crippen LogP contribution in [0.5, 0.6) is 5.75 Å². The van der Waals surface area contributed by atoms with Gasteiger partial charge in [-0.05, 0) is 32.3 Å². The first-order valence-corrected chi connectivity index (χ1v) is 10.3. The average molecular weight is 443 g/mol. The lowest BCUT2D eigenvalue weighted by molar-refractivity contribution is -0.00376. The predicted molar refractivity (Wildman–Crippen MR) is 112 cm³/mol. The van der Waals surface area contributed by atoms with Gasteiger partial charge in [-0.15, -0.1) is 0 Å². The molecule has 168 valence electrons. The monoisotopic (exact) mass is 443 g/mol. The number of aromatic nitrogens is 1. The summed E-state index contributed by atoms with van der Waals surface area (Å²) in [5.41, 5.74) is 6.30.